The molecule has 0 aromatic heterocycles. The highest BCUT2D eigenvalue weighted by molar-refractivity contribution is 9.10. The molecule has 0 spiro atoms. The maximum absolute atomic E-state index is 13.9. The number of rotatable bonds is 3. The fourth-order valence-corrected chi connectivity index (χ4v) is 2.74. The van der Waals surface area contributed by atoms with Crippen LogP contribution >= 0.6 is 15.9 Å². The number of nitrogens with one attached hydrogen (secondary N) is 1. The standard InChI is InChI=1S/C15H12BrF2NO2/c1-8-2-3-11(17)14(13(8)18)19-6-9-4-10(16)15-12(5-9)20-7-21-15/h2-5,19H,6-7H2,1H3. The highest BCUT2D eigenvalue weighted by atomic mass is 79.9. The van der Waals surface area contributed by atoms with Crippen LogP contribution in [0.2, 0.25) is 0 Å². The second-order valence-corrected chi connectivity index (χ2v) is 5.57. The minimum Gasteiger partial charge on any atom is -0.454 e. The maximum atomic E-state index is 13.9. The van der Waals surface area contributed by atoms with Gasteiger partial charge in [0.05, 0.1) is 4.47 Å². The Hall–Kier alpha value is -1.82. The van der Waals surface area contributed by atoms with Crippen LogP contribution in [-0.2, 0) is 6.54 Å². The van der Waals surface area contributed by atoms with Crippen molar-refractivity contribution in [2.24, 2.45) is 0 Å². The zero-order chi connectivity index (χ0) is 15.0. The average Bonchev–Trinajstić information content (AvgIpc) is 2.92. The summed E-state index contributed by atoms with van der Waals surface area (Å²) in [4.78, 5) is 0. The first kappa shape index (κ1) is 14.1. The lowest BCUT2D eigenvalue weighted by molar-refractivity contribution is 0.173. The van der Waals surface area contributed by atoms with Gasteiger partial charge in [-0.1, -0.05) is 6.07 Å². The summed E-state index contributed by atoms with van der Waals surface area (Å²) in [7, 11) is 0. The van der Waals surface area contributed by atoms with Crippen molar-refractivity contribution < 1.29 is 18.3 Å². The zero-order valence-corrected chi connectivity index (χ0v) is 12.8. The molecule has 2 aromatic rings. The molecule has 21 heavy (non-hydrogen) atoms. The molecule has 1 aliphatic heterocycles. The SMILES string of the molecule is Cc1ccc(F)c(NCc2cc(Br)c3c(c2)OCO3)c1F. The minimum absolute atomic E-state index is 0.121. The van der Waals surface area contributed by atoms with E-state index in [-0.39, 0.29) is 19.0 Å². The molecule has 1 N–H and O–H groups in total. The van der Waals surface area contributed by atoms with Crippen LogP contribution < -0.4 is 14.8 Å². The lowest BCUT2D eigenvalue weighted by atomic mass is 10.1. The van der Waals surface area contributed by atoms with E-state index in [1.807, 2.05) is 6.07 Å². The van der Waals surface area contributed by atoms with Gasteiger partial charge in [0, 0.05) is 6.54 Å². The van der Waals surface area contributed by atoms with E-state index in [1.54, 1.807) is 13.0 Å². The van der Waals surface area contributed by atoms with Gasteiger partial charge in [-0.15, -0.1) is 0 Å². The van der Waals surface area contributed by atoms with Gasteiger partial charge in [0.15, 0.2) is 17.3 Å². The molecule has 0 radical (unpaired) electrons. The van der Waals surface area contributed by atoms with Crippen LogP contribution in [0.25, 0.3) is 0 Å². The van der Waals surface area contributed by atoms with Crippen LogP contribution in [0, 0.1) is 18.6 Å². The van der Waals surface area contributed by atoms with Crippen molar-refractivity contribution >= 4 is 21.6 Å². The Kier molecular flexibility index (Phi) is 3.71. The Morgan fingerprint density at radius 3 is 2.86 bits per heavy atom. The molecule has 0 bridgehead atoms. The van der Waals surface area contributed by atoms with Crippen molar-refractivity contribution in [2.45, 2.75) is 13.5 Å². The Morgan fingerprint density at radius 1 is 1.24 bits per heavy atom. The van der Waals surface area contributed by atoms with Gasteiger partial charge in [-0.25, -0.2) is 8.78 Å². The summed E-state index contributed by atoms with van der Waals surface area (Å²) < 4.78 is 38.9. The zero-order valence-electron chi connectivity index (χ0n) is 11.2. The number of ether oxygens (including phenoxy) is 2. The molecule has 1 heterocycles. The highest BCUT2D eigenvalue weighted by Crippen LogP contribution is 2.40. The molecule has 0 amide bonds. The third-order valence-electron chi connectivity index (χ3n) is 3.24. The second kappa shape index (κ2) is 5.52. The van der Waals surface area contributed by atoms with Crippen LogP contribution in [0.4, 0.5) is 14.5 Å². The lowest BCUT2D eigenvalue weighted by Crippen LogP contribution is -2.05. The van der Waals surface area contributed by atoms with E-state index < -0.39 is 11.6 Å². The third kappa shape index (κ3) is 2.68. The fourth-order valence-electron chi connectivity index (χ4n) is 2.13. The molecule has 0 saturated carbocycles. The molecule has 3 nitrogen and oxygen atoms in total. The van der Waals surface area contributed by atoms with Gasteiger partial charge in [0.25, 0.3) is 0 Å². The number of halogens is 3. The van der Waals surface area contributed by atoms with Crippen LogP contribution in [-0.4, -0.2) is 6.79 Å². The molecule has 2 aromatic carbocycles. The normalized spacial score (nSPS) is 12.6. The van der Waals surface area contributed by atoms with E-state index in [0.717, 1.165) is 10.0 Å². The molecule has 0 fully saturated rings. The van der Waals surface area contributed by atoms with Crippen molar-refractivity contribution in [2.75, 3.05) is 12.1 Å². The topological polar surface area (TPSA) is 30.5 Å². The number of hydrogen-bond acceptors (Lipinski definition) is 3. The van der Waals surface area contributed by atoms with E-state index in [4.69, 9.17) is 9.47 Å². The molecular weight excluding hydrogens is 344 g/mol. The number of aryl methyl sites for hydroxylation is 1. The number of hydrogen-bond donors (Lipinski definition) is 1. The van der Waals surface area contributed by atoms with Gasteiger partial charge in [-0.05, 0) is 52.2 Å². The quantitative estimate of drug-likeness (QED) is 0.886. The van der Waals surface area contributed by atoms with Gasteiger partial charge in [0.1, 0.15) is 11.5 Å². The Morgan fingerprint density at radius 2 is 2.05 bits per heavy atom. The van der Waals surface area contributed by atoms with Crippen LogP contribution in [0.5, 0.6) is 11.5 Å². The molecular formula is C15H12BrF2NO2. The van der Waals surface area contributed by atoms with Crippen molar-refractivity contribution in [3.63, 3.8) is 0 Å². The van der Waals surface area contributed by atoms with Crippen LogP contribution in [0.15, 0.2) is 28.7 Å². The molecule has 0 atom stereocenters. The van der Waals surface area contributed by atoms with Gasteiger partial charge in [-0.3, -0.25) is 0 Å². The van der Waals surface area contributed by atoms with Gasteiger partial charge >= 0.3 is 0 Å². The fraction of sp³-hybridized carbons (Fsp3) is 0.200. The summed E-state index contributed by atoms with van der Waals surface area (Å²) in [6, 6.07) is 6.27. The molecule has 3 rings (SSSR count). The average molecular weight is 356 g/mol. The summed E-state index contributed by atoms with van der Waals surface area (Å²) in [5.74, 6) is 0.0748. The van der Waals surface area contributed by atoms with Crippen LogP contribution in [0.1, 0.15) is 11.1 Å². The highest BCUT2D eigenvalue weighted by Gasteiger charge is 2.18. The Labute approximate surface area is 129 Å². The third-order valence-corrected chi connectivity index (χ3v) is 3.83. The summed E-state index contributed by atoms with van der Waals surface area (Å²) in [6.45, 7) is 2.04. The minimum atomic E-state index is -0.613. The summed E-state index contributed by atoms with van der Waals surface area (Å²) in [6.07, 6.45) is 0. The smallest absolute Gasteiger partial charge is 0.231 e. The predicted molar refractivity (Wildman–Crippen MR) is 78.7 cm³/mol. The number of anilines is 1. The van der Waals surface area contributed by atoms with E-state index in [0.29, 0.717) is 17.1 Å². The largest absolute Gasteiger partial charge is 0.454 e. The summed E-state index contributed by atoms with van der Waals surface area (Å²) in [5, 5.41) is 2.79. The maximum Gasteiger partial charge on any atom is 0.231 e. The lowest BCUT2D eigenvalue weighted by Gasteiger charge is -2.11. The first-order valence-electron chi connectivity index (χ1n) is 6.33. The van der Waals surface area contributed by atoms with Crippen molar-refractivity contribution in [3.05, 3.63) is 51.5 Å². The first-order chi connectivity index (χ1) is 10.1. The van der Waals surface area contributed by atoms with Crippen molar-refractivity contribution in [1.82, 2.24) is 0 Å². The second-order valence-electron chi connectivity index (χ2n) is 4.72. The Bertz CT molecular complexity index is 707. The molecule has 1 aliphatic rings. The molecule has 0 unspecified atom stereocenters. The summed E-state index contributed by atoms with van der Waals surface area (Å²) in [5.41, 5.74) is 1.10. The van der Waals surface area contributed by atoms with E-state index in [1.165, 1.54) is 12.1 Å². The van der Waals surface area contributed by atoms with Gasteiger partial charge in [0.2, 0.25) is 6.79 Å². The molecule has 110 valence electrons. The summed E-state index contributed by atoms with van der Waals surface area (Å²) >= 11 is 3.38. The van der Waals surface area contributed by atoms with E-state index >= 15 is 0 Å². The van der Waals surface area contributed by atoms with Gasteiger partial charge in [-0.2, -0.15) is 0 Å². The van der Waals surface area contributed by atoms with E-state index in [9.17, 15) is 8.78 Å². The Balaban J connectivity index is 1.83. The predicted octanol–water partition coefficient (Wildman–Crippen LogP) is 4.38. The first-order valence-corrected chi connectivity index (χ1v) is 7.12. The monoisotopic (exact) mass is 355 g/mol. The number of benzene rings is 2. The molecule has 6 heteroatoms. The van der Waals surface area contributed by atoms with Crippen LogP contribution in [0.3, 0.4) is 0 Å². The van der Waals surface area contributed by atoms with Crippen molar-refractivity contribution in [3.8, 4) is 11.5 Å². The van der Waals surface area contributed by atoms with Crippen molar-refractivity contribution in [1.29, 1.82) is 0 Å². The molecule has 0 saturated heterocycles. The molecule has 0 aliphatic carbocycles. The van der Waals surface area contributed by atoms with E-state index in [2.05, 4.69) is 21.2 Å². The number of fused-ring (bicyclic) bond motifs is 1. The van der Waals surface area contributed by atoms with Gasteiger partial charge < -0.3 is 14.8 Å².